The Morgan fingerprint density at radius 3 is 2.73 bits per heavy atom. The van der Waals surface area contributed by atoms with Crippen molar-refractivity contribution in [2.45, 2.75) is 18.9 Å². The lowest BCUT2D eigenvalue weighted by Gasteiger charge is -2.06. The number of hydrogen-bond donors (Lipinski definition) is 0. The van der Waals surface area contributed by atoms with Crippen molar-refractivity contribution in [1.29, 1.82) is 0 Å². The summed E-state index contributed by atoms with van der Waals surface area (Å²) < 4.78 is 18.5. The Labute approximate surface area is 85.0 Å². The maximum atomic E-state index is 13.2. The first-order valence-electron chi connectivity index (χ1n) is 4.53. The minimum Gasteiger partial charge on any atom is -0.488 e. The lowest BCUT2D eigenvalue weighted by molar-refractivity contribution is 0.112. The van der Waals surface area contributed by atoms with E-state index in [1.54, 1.807) is 0 Å². The van der Waals surface area contributed by atoms with Crippen LogP contribution in [0.2, 0.25) is 0 Å². The van der Waals surface area contributed by atoms with Crippen LogP contribution in [-0.4, -0.2) is 12.4 Å². The number of hydrogen-bond acceptors (Lipinski definition) is 4. The summed E-state index contributed by atoms with van der Waals surface area (Å²) in [5.74, 6) is -0.594. The number of nitroso groups, excluding NO2 is 1. The molecule has 0 aromatic heterocycles. The molecule has 0 aliphatic heterocycles. The summed E-state index contributed by atoms with van der Waals surface area (Å²) in [6, 6.07) is 2.12. The molecule has 0 bridgehead atoms. The van der Waals surface area contributed by atoms with E-state index >= 15 is 0 Å². The van der Waals surface area contributed by atoms with Crippen LogP contribution in [0.3, 0.4) is 0 Å². The van der Waals surface area contributed by atoms with Gasteiger partial charge in [0.25, 0.3) is 0 Å². The van der Waals surface area contributed by atoms with Gasteiger partial charge in [-0.05, 0) is 24.1 Å². The maximum Gasteiger partial charge on any atom is 0.153 e. The van der Waals surface area contributed by atoms with E-state index < -0.39 is 5.82 Å². The van der Waals surface area contributed by atoms with E-state index in [2.05, 4.69) is 5.18 Å². The third-order valence-corrected chi connectivity index (χ3v) is 2.12. The molecule has 2 rings (SSSR count). The van der Waals surface area contributed by atoms with E-state index in [1.807, 2.05) is 0 Å². The highest BCUT2D eigenvalue weighted by Gasteiger charge is 2.25. The van der Waals surface area contributed by atoms with Gasteiger partial charge in [-0.25, -0.2) is 4.39 Å². The molecule has 1 fully saturated rings. The number of nitrogens with zero attached hydrogens (tertiary/aromatic N) is 1. The number of carbonyl (C=O) groups is 1. The van der Waals surface area contributed by atoms with Crippen molar-refractivity contribution in [3.63, 3.8) is 0 Å². The normalized spacial score (nSPS) is 14.7. The SMILES string of the molecule is O=Cc1cc(N=O)c(OC2CC2)cc1F. The van der Waals surface area contributed by atoms with Crippen molar-refractivity contribution in [3.8, 4) is 5.75 Å². The number of carbonyl (C=O) groups excluding carboxylic acids is 1. The van der Waals surface area contributed by atoms with Crippen molar-refractivity contribution in [1.82, 2.24) is 0 Å². The minimum absolute atomic E-state index is 0.0367. The zero-order valence-electron chi connectivity index (χ0n) is 7.77. The van der Waals surface area contributed by atoms with E-state index in [0.29, 0.717) is 6.29 Å². The zero-order valence-corrected chi connectivity index (χ0v) is 7.77. The molecular formula is C10H8FNO3. The molecule has 1 saturated carbocycles. The summed E-state index contributed by atoms with van der Waals surface area (Å²) in [6.45, 7) is 0. The Kier molecular flexibility index (Phi) is 2.45. The second-order valence-electron chi connectivity index (χ2n) is 3.37. The van der Waals surface area contributed by atoms with E-state index in [4.69, 9.17) is 4.74 Å². The topological polar surface area (TPSA) is 55.7 Å². The molecule has 5 heteroatoms. The molecule has 1 aromatic carbocycles. The highest BCUT2D eigenvalue weighted by Crippen LogP contribution is 2.35. The van der Waals surface area contributed by atoms with Gasteiger partial charge in [0.1, 0.15) is 5.82 Å². The van der Waals surface area contributed by atoms with Crippen LogP contribution in [0.15, 0.2) is 17.3 Å². The largest absolute Gasteiger partial charge is 0.488 e. The molecule has 1 aliphatic rings. The Morgan fingerprint density at radius 2 is 2.20 bits per heavy atom. The van der Waals surface area contributed by atoms with Crippen LogP contribution in [0.25, 0.3) is 0 Å². The third kappa shape index (κ3) is 2.01. The number of ether oxygens (including phenoxy) is 1. The van der Waals surface area contributed by atoms with E-state index in [-0.39, 0.29) is 23.1 Å². The van der Waals surface area contributed by atoms with Crippen LogP contribution in [0.1, 0.15) is 23.2 Å². The first kappa shape index (κ1) is 9.76. The van der Waals surface area contributed by atoms with Crippen LogP contribution in [-0.2, 0) is 0 Å². The molecule has 0 heterocycles. The molecule has 1 aromatic rings. The quantitative estimate of drug-likeness (QED) is 0.565. The number of rotatable bonds is 4. The van der Waals surface area contributed by atoms with Gasteiger partial charge in [0, 0.05) is 6.07 Å². The van der Waals surface area contributed by atoms with Gasteiger partial charge in [-0.1, -0.05) is 0 Å². The first-order valence-corrected chi connectivity index (χ1v) is 4.53. The summed E-state index contributed by atoms with van der Waals surface area (Å²) in [7, 11) is 0. The predicted molar refractivity (Wildman–Crippen MR) is 50.9 cm³/mol. The van der Waals surface area contributed by atoms with Crippen LogP contribution in [0.5, 0.6) is 5.75 Å². The van der Waals surface area contributed by atoms with Crippen molar-refractivity contribution >= 4 is 12.0 Å². The fraction of sp³-hybridized carbons (Fsp3) is 0.300. The summed E-state index contributed by atoms with van der Waals surface area (Å²) in [6.07, 6.45) is 2.18. The van der Waals surface area contributed by atoms with Gasteiger partial charge in [0.15, 0.2) is 17.7 Å². The second kappa shape index (κ2) is 3.76. The van der Waals surface area contributed by atoms with Crippen LogP contribution < -0.4 is 4.74 Å². The monoisotopic (exact) mass is 209 g/mol. The van der Waals surface area contributed by atoms with Gasteiger partial charge in [0.05, 0.1) is 11.7 Å². The smallest absolute Gasteiger partial charge is 0.153 e. The first-order chi connectivity index (χ1) is 7.24. The van der Waals surface area contributed by atoms with Crippen molar-refractivity contribution in [2.24, 2.45) is 5.18 Å². The highest BCUT2D eigenvalue weighted by atomic mass is 19.1. The number of aldehydes is 1. The van der Waals surface area contributed by atoms with Crippen molar-refractivity contribution in [3.05, 3.63) is 28.4 Å². The summed E-state index contributed by atoms with van der Waals surface area (Å²) in [5, 5.41) is 2.70. The highest BCUT2D eigenvalue weighted by molar-refractivity contribution is 5.78. The van der Waals surface area contributed by atoms with E-state index in [0.717, 1.165) is 25.0 Å². The van der Waals surface area contributed by atoms with Gasteiger partial charge in [-0.3, -0.25) is 4.79 Å². The molecule has 0 spiro atoms. The van der Waals surface area contributed by atoms with E-state index in [9.17, 15) is 14.1 Å². The predicted octanol–water partition coefficient (Wildman–Crippen LogP) is 2.58. The van der Waals surface area contributed by atoms with Crippen molar-refractivity contribution < 1.29 is 13.9 Å². The summed E-state index contributed by atoms with van der Waals surface area (Å²) >= 11 is 0. The molecule has 0 atom stereocenters. The molecule has 78 valence electrons. The lowest BCUT2D eigenvalue weighted by atomic mass is 10.2. The van der Waals surface area contributed by atoms with Gasteiger partial charge >= 0.3 is 0 Å². The fourth-order valence-electron chi connectivity index (χ4n) is 1.18. The number of halogens is 1. The fourth-order valence-corrected chi connectivity index (χ4v) is 1.18. The molecule has 0 N–H and O–H groups in total. The van der Waals surface area contributed by atoms with Crippen LogP contribution >= 0.6 is 0 Å². The average molecular weight is 209 g/mol. The minimum atomic E-state index is -0.701. The maximum absolute atomic E-state index is 13.2. The van der Waals surface area contributed by atoms with Gasteiger partial charge in [0.2, 0.25) is 0 Å². The van der Waals surface area contributed by atoms with Gasteiger partial charge < -0.3 is 4.74 Å². The molecule has 0 amide bonds. The van der Waals surface area contributed by atoms with Crippen LogP contribution in [0.4, 0.5) is 10.1 Å². The lowest BCUT2D eigenvalue weighted by Crippen LogP contribution is -1.98. The van der Waals surface area contributed by atoms with Gasteiger partial charge in [-0.2, -0.15) is 0 Å². The third-order valence-electron chi connectivity index (χ3n) is 2.12. The van der Waals surface area contributed by atoms with Crippen LogP contribution in [0, 0.1) is 10.7 Å². The Bertz CT molecular complexity index is 415. The molecule has 0 unspecified atom stereocenters. The molecule has 0 saturated heterocycles. The molecular weight excluding hydrogens is 201 g/mol. The number of benzene rings is 1. The molecule has 4 nitrogen and oxygen atoms in total. The second-order valence-corrected chi connectivity index (χ2v) is 3.37. The summed E-state index contributed by atoms with van der Waals surface area (Å²) in [5.41, 5.74) is -0.224. The molecule has 15 heavy (non-hydrogen) atoms. The Balaban J connectivity index is 2.38. The Morgan fingerprint density at radius 1 is 1.47 bits per heavy atom. The van der Waals surface area contributed by atoms with Gasteiger partial charge in [-0.15, -0.1) is 4.91 Å². The van der Waals surface area contributed by atoms with Crippen molar-refractivity contribution in [2.75, 3.05) is 0 Å². The molecule has 1 aliphatic carbocycles. The Hall–Kier alpha value is -1.78. The zero-order chi connectivity index (χ0) is 10.8. The average Bonchev–Trinajstić information content (AvgIpc) is 3.02. The standard InChI is InChI=1S/C10H8FNO3/c11-8-4-10(15-7-1-2-7)9(12-14)3-6(8)5-13/h3-5,7H,1-2H2. The molecule has 0 radical (unpaired) electrons. The van der Waals surface area contributed by atoms with E-state index in [1.165, 1.54) is 0 Å². The summed E-state index contributed by atoms with van der Waals surface area (Å²) in [4.78, 5) is 20.9.